The number of nitrogens with zero attached hydrogens (tertiary/aromatic N) is 4. The van der Waals surface area contributed by atoms with Crippen LogP contribution in [0, 0.1) is 11.6 Å². The van der Waals surface area contributed by atoms with Gasteiger partial charge in [0.2, 0.25) is 0 Å². The first-order valence-electron chi connectivity index (χ1n) is 9.01. The van der Waals surface area contributed by atoms with Gasteiger partial charge in [-0.1, -0.05) is 31.9 Å². The summed E-state index contributed by atoms with van der Waals surface area (Å²) in [6.07, 6.45) is 2.93. The Labute approximate surface area is 178 Å². The van der Waals surface area contributed by atoms with Crippen molar-refractivity contribution < 1.29 is 8.78 Å². The van der Waals surface area contributed by atoms with Crippen LogP contribution in [0.3, 0.4) is 0 Å². The Balaban J connectivity index is 1.93. The number of halogens is 4. The molecular weight excluding hydrogens is 494 g/mol. The molecule has 0 N–H and O–H groups in total. The molecule has 1 atom stereocenters. The highest BCUT2D eigenvalue weighted by molar-refractivity contribution is 9.10. The first-order chi connectivity index (χ1) is 13.5. The zero-order valence-electron chi connectivity index (χ0n) is 15.2. The minimum absolute atomic E-state index is 0.0696. The fourth-order valence-electron chi connectivity index (χ4n) is 3.67. The molecule has 0 saturated carbocycles. The Bertz CT molecular complexity index is 952. The maximum absolute atomic E-state index is 14.7. The second-order valence-electron chi connectivity index (χ2n) is 6.92. The molecule has 28 heavy (non-hydrogen) atoms. The highest BCUT2D eigenvalue weighted by atomic mass is 79.9. The van der Waals surface area contributed by atoms with E-state index in [0.717, 1.165) is 25.8 Å². The summed E-state index contributed by atoms with van der Waals surface area (Å²) in [5.41, 5.74) is 0.692. The third kappa shape index (κ3) is 3.65. The number of piperidine rings is 1. The van der Waals surface area contributed by atoms with E-state index < -0.39 is 11.6 Å². The van der Waals surface area contributed by atoms with Crippen molar-refractivity contribution in [2.45, 2.75) is 25.4 Å². The van der Waals surface area contributed by atoms with E-state index in [1.165, 1.54) is 12.1 Å². The first kappa shape index (κ1) is 19.7. The van der Waals surface area contributed by atoms with Crippen LogP contribution in [0.2, 0.25) is 0 Å². The van der Waals surface area contributed by atoms with Crippen molar-refractivity contribution in [3.05, 3.63) is 57.0 Å². The molecule has 146 valence electrons. The summed E-state index contributed by atoms with van der Waals surface area (Å²) in [5.74, 6) is 0.00997. The molecule has 0 aliphatic carbocycles. The summed E-state index contributed by atoms with van der Waals surface area (Å²) >= 11 is 6.57. The number of hydrogen-bond acceptors (Lipinski definition) is 3. The first-order valence-corrected chi connectivity index (χ1v) is 10.6. The highest BCUT2D eigenvalue weighted by Gasteiger charge is 2.29. The quantitative estimate of drug-likeness (QED) is 0.430. The zero-order chi connectivity index (χ0) is 19.8. The summed E-state index contributed by atoms with van der Waals surface area (Å²) in [7, 11) is 2.02. The minimum atomic E-state index is -0.399. The molecule has 3 aromatic rings. The van der Waals surface area contributed by atoms with Gasteiger partial charge in [-0.15, -0.1) is 10.2 Å². The van der Waals surface area contributed by atoms with E-state index in [2.05, 4.69) is 47.0 Å². The molecule has 1 fully saturated rings. The van der Waals surface area contributed by atoms with E-state index in [4.69, 9.17) is 0 Å². The van der Waals surface area contributed by atoms with Gasteiger partial charge in [-0.2, -0.15) is 0 Å². The van der Waals surface area contributed by atoms with Crippen LogP contribution in [-0.4, -0.2) is 33.3 Å². The normalized spacial score (nSPS) is 17.8. The number of hydrogen-bond donors (Lipinski definition) is 0. The molecule has 0 radical (unpaired) electrons. The third-order valence-corrected chi connectivity index (χ3v) is 6.06. The van der Waals surface area contributed by atoms with Crippen molar-refractivity contribution in [3.8, 4) is 22.8 Å². The largest absolute Gasteiger partial charge is 0.290 e. The van der Waals surface area contributed by atoms with E-state index >= 15 is 0 Å². The van der Waals surface area contributed by atoms with E-state index in [1.54, 1.807) is 24.3 Å². The van der Waals surface area contributed by atoms with Gasteiger partial charge in [0.05, 0.1) is 17.3 Å². The fraction of sp³-hybridized carbons (Fsp3) is 0.300. The van der Waals surface area contributed by atoms with Gasteiger partial charge in [0.1, 0.15) is 11.6 Å². The average Bonchev–Trinajstić information content (AvgIpc) is 3.06. The van der Waals surface area contributed by atoms with E-state index in [9.17, 15) is 8.78 Å². The number of aromatic nitrogens is 3. The molecule has 1 unspecified atom stereocenters. The lowest BCUT2D eigenvalue weighted by molar-refractivity contribution is 0.129. The average molecular weight is 512 g/mol. The SMILES string of the molecule is CN1CCCCC1n1c(-c2ccc(Br)cc2F)nnc1-c1ccc(Br)cc1F. The Kier molecular flexibility index (Phi) is 5.62. The Morgan fingerprint density at radius 1 is 0.893 bits per heavy atom. The summed E-state index contributed by atoms with van der Waals surface area (Å²) in [4.78, 5) is 2.19. The molecule has 4 nitrogen and oxygen atoms in total. The minimum Gasteiger partial charge on any atom is -0.290 e. The molecule has 1 saturated heterocycles. The predicted molar refractivity (Wildman–Crippen MR) is 112 cm³/mol. The Morgan fingerprint density at radius 2 is 1.43 bits per heavy atom. The second-order valence-corrected chi connectivity index (χ2v) is 8.75. The van der Waals surface area contributed by atoms with Gasteiger partial charge in [-0.3, -0.25) is 9.47 Å². The Hall–Kier alpha value is -1.64. The number of likely N-dealkylation sites (tertiary alicyclic amines) is 1. The van der Waals surface area contributed by atoms with Crippen molar-refractivity contribution in [1.82, 2.24) is 19.7 Å². The molecule has 8 heteroatoms. The van der Waals surface area contributed by atoms with Gasteiger partial charge in [-0.05, 0) is 69.3 Å². The molecular formula is C20H18Br2F2N4. The standard InChI is InChI=1S/C20H18Br2F2N4/c1-27-9-3-2-4-18(27)28-19(14-7-5-12(21)10-16(14)23)25-26-20(28)15-8-6-13(22)11-17(15)24/h5-8,10-11,18H,2-4,9H2,1H3. The van der Waals surface area contributed by atoms with Crippen molar-refractivity contribution in [2.75, 3.05) is 13.6 Å². The summed E-state index contributed by atoms with van der Waals surface area (Å²) in [6.45, 7) is 0.910. The van der Waals surface area contributed by atoms with Crippen molar-refractivity contribution in [3.63, 3.8) is 0 Å². The van der Waals surface area contributed by atoms with Gasteiger partial charge in [0, 0.05) is 8.95 Å². The van der Waals surface area contributed by atoms with Gasteiger partial charge < -0.3 is 0 Å². The molecule has 0 amide bonds. The molecule has 1 aromatic heterocycles. The number of benzene rings is 2. The lowest BCUT2D eigenvalue weighted by atomic mass is 10.1. The molecule has 4 rings (SSSR count). The monoisotopic (exact) mass is 510 g/mol. The van der Waals surface area contributed by atoms with Crippen LogP contribution in [0.4, 0.5) is 8.78 Å². The van der Waals surface area contributed by atoms with Crippen LogP contribution in [0.25, 0.3) is 22.8 Å². The summed E-state index contributed by atoms with van der Waals surface area (Å²) in [5, 5.41) is 8.56. The van der Waals surface area contributed by atoms with Crippen molar-refractivity contribution in [2.24, 2.45) is 0 Å². The zero-order valence-corrected chi connectivity index (χ0v) is 18.3. The maximum Gasteiger partial charge on any atom is 0.168 e. The smallest absolute Gasteiger partial charge is 0.168 e. The summed E-state index contributed by atoms with van der Waals surface area (Å²) in [6, 6.07) is 9.68. The van der Waals surface area contributed by atoms with Crippen LogP contribution >= 0.6 is 31.9 Å². The molecule has 0 bridgehead atoms. The molecule has 0 spiro atoms. The second kappa shape index (κ2) is 8.00. The van der Waals surface area contributed by atoms with E-state index in [0.29, 0.717) is 31.7 Å². The van der Waals surface area contributed by atoms with Gasteiger partial charge in [0.15, 0.2) is 11.6 Å². The van der Waals surface area contributed by atoms with Crippen LogP contribution in [0.5, 0.6) is 0 Å². The number of rotatable bonds is 3. The Morgan fingerprint density at radius 3 is 1.89 bits per heavy atom. The topological polar surface area (TPSA) is 34.0 Å². The van der Waals surface area contributed by atoms with Crippen molar-refractivity contribution in [1.29, 1.82) is 0 Å². The van der Waals surface area contributed by atoms with Crippen LogP contribution < -0.4 is 0 Å². The predicted octanol–water partition coefficient (Wildman–Crippen LogP) is 6.03. The third-order valence-electron chi connectivity index (χ3n) is 5.07. The van der Waals surface area contributed by atoms with Crippen LogP contribution in [-0.2, 0) is 0 Å². The lowest BCUT2D eigenvalue weighted by Gasteiger charge is -2.34. The van der Waals surface area contributed by atoms with Gasteiger partial charge in [-0.25, -0.2) is 8.78 Å². The molecule has 1 aliphatic rings. The fourth-order valence-corrected chi connectivity index (χ4v) is 4.33. The highest BCUT2D eigenvalue weighted by Crippen LogP contribution is 2.36. The maximum atomic E-state index is 14.7. The molecule has 2 heterocycles. The molecule has 1 aliphatic heterocycles. The lowest BCUT2D eigenvalue weighted by Crippen LogP contribution is -2.34. The van der Waals surface area contributed by atoms with Crippen LogP contribution in [0.1, 0.15) is 25.4 Å². The summed E-state index contributed by atoms with van der Waals surface area (Å²) < 4.78 is 32.6. The van der Waals surface area contributed by atoms with E-state index in [-0.39, 0.29) is 6.17 Å². The van der Waals surface area contributed by atoms with Crippen LogP contribution in [0.15, 0.2) is 45.3 Å². The molecule has 2 aromatic carbocycles. The van der Waals surface area contributed by atoms with Gasteiger partial charge >= 0.3 is 0 Å². The van der Waals surface area contributed by atoms with Crippen molar-refractivity contribution >= 4 is 31.9 Å². The van der Waals surface area contributed by atoms with Gasteiger partial charge in [0.25, 0.3) is 0 Å². The van der Waals surface area contributed by atoms with E-state index in [1.807, 2.05) is 11.6 Å².